The molecule has 1 aliphatic rings. The van der Waals surface area contributed by atoms with Gasteiger partial charge < -0.3 is 9.84 Å². The highest BCUT2D eigenvalue weighted by molar-refractivity contribution is 4.69. The summed E-state index contributed by atoms with van der Waals surface area (Å²) in [6.45, 7) is 3.39. The summed E-state index contributed by atoms with van der Waals surface area (Å²) in [6, 6.07) is 0.453. The lowest BCUT2D eigenvalue weighted by Crippen LogP contribution is -2.40. The van der Waals surface area contributed by atoms with Gasteiger partial charge in [0.2, 0.25) is 0 Å². The molecule has 2 N–H and O–H groups in total. The maximum absolute atomic E-state index is 8.95. The van der Waals surface area contributed by atoms with Gasteiger partial charge in [-0.3, -0.25) is 5.32 Å². The number of hydrogen-bond acceptors (Lipinski definition) is 3. The molecule has 0 amide bonds. The molecule has 0 radical (unpaired) electrons. The second-order valence-electron chi connectivity index (χ2n) is 2.73. The third-order valence-corrected chi connectivity index (χ3v) is 1.70. The molecule has 3 nitrogen and oxygen atoms in total. The minimum absolute atomic E-state index is 0.386. The average Bonchev–Trinajstić information content (AvgIpc) is 1.88. The average molecular weight is 145 g/mol. The van der Waals surface area contributed by atoms with E-state index >= 15 is 0 Å². The first-order valence-corrected chi connectivity index (χ1v) is 3.81. The summed E-state index contributed by atoms with van der Waals surface area (Å²) in [7, 11) is 0. The quantitative estimate of drug-likeness (QED) is 0.541. The zero-order valence-electron chi connectivity index (χ0n) is 6.34. The van der Waals surface area contributed by atoms with Crippen molar-refractivity contribution in [2.24, 2.45) is 0 Å². The smallest absolute Gasteiger partial charge is 0.102 e. The van der Waals surface area contributed by atoms with Crippen molar-refractivity contribution >= 4 is 0 Å². The zero-order chi connectivity index (χ0) is 7.40. The molecule has 0 spiro atoms. The largest absolute Gasteiger partial charge is 0.381 e. The Balaban J connectivity index is 2.13. The molecule has 0 aromatic heterocycles. The third kappa shape index (κ3) is 2.64. The predicted molar refractivity (Wildman–Crippen MR) is 38.7 cm³/mol. The molecule has 10 heavy (non-hydrogen) atoms. The van der Waals surface area contributed by atoms with Gasteiger partial charge in [-0.15, -0.1) is 0 Å². The second-order valence-corrected chi connectivity index (χ2v) is 2.73. The van der Waals surface area contributed by atoms with Crippen LogP contribution in [0.4, 0.5) is 0 Å². The molecule has 1 fully saturated rings. The van der Waals surface area contributed by atoms with Crippen molar-refractivity contribution in [3.05, 3.63) is 0 Å². The van der Waals surface area contributed by atoms with Crippen LogP contribution in [0.3, 0.4) is 0 Å². The summed E-state index contributed by atoms with van der Waals surface area (Å²) in [5.41, 5.74) is 0. The third-order valence-electron chi connectivity index (χ3n) is 1.70. The highest BCUT2D eigenvalue weighted by Gasteiger charge is 2.13. The number of aliphatic hydroxyl groups is 1. The van der Waals surface area contributed by atoms with Crippen molar-refractivity contribution < 1.29 is 9.84 Å². The van der Waals surface area contributed by atoms with Gasteiger partial charge in [0.1, 0.15) is 6.23 Å². The van der Waals surface area contributed by atoms with Crippen LogP contribution in [-0.4, -0.2) is 30.6 Å². The van der Waals surface area contributed by atoms with E-state index in [1.165, 1.54) is 0 Å². The van der Waals surface area contributed by atoms with Gasteiger partial charge >= 0.3 is 0 Å². The van der Waals surface area contributed by atoms with Gasteiger partial charge in [-0.1, -0.05) is 0 Å². The Hall–Kier alpha value is -0.120. The lowest BCUT2D eigenvalue weighted by atomic mass is 10.1. The van der Waals surface area contributed by atoms with Crippen LogP contribution in [0.1, 0.15) is 19.8 Å². The van der Waals surface area contributed by atoms with E-state index in [4.69, 9.17) is 9.84 Å². The van der Waals surface area contributed by atoms with Gasteiger partial charge in [-0.25, -0.2) is 0 Å². The van der Waals surface area contributed by atoms with Crippen LogP contribution >= 0.6 is 0 Å². The molecular formula is C7H15NO2. The SMILES string of the molecule is CC(O)NC1CCOCC1. The van der Waals surface area contributed by atoms with Crippen molar-refractivity contribution in [2.45, 2.75) is 32.0 Å². The zero-order valence-corrected chi connectivity index (χ0v) is 6.34. The van der Waals surface area contributed by atoms with Gasteiger partial charge in [0.25, 0.3) is 0 Å². The summed E-state index contributed by atoms with van der Waals surface area (Å²) >= 11 is 0. The topological polar surface area (TPSA) is 41.5 Å². The highest BCUT2D eigenvalue weighted by Crippen LogP contribution is 2.05. The fraction of sp³-hybridized carbons (Fsp3) is 1.00. The molecule has 1 aliphatic heterocycles. The van der Waals surface area contributed by atoms with Crippen LogP contribution in [0, 0.1) is 0 Å². The first kappa shape index (κ1) is 7.98. The van der Waals surface area contributed by atoms with E-state index in [9.17, 15) is 0 Å². The highest BCUT2D eigenvalue weighted by atomic mass is 16.5. The number of nitrogens with one attached hydrogen (secondary N) is 1. The molecular weight excluding hydrogens is 130 g/mol. The monoisotopic (exact) mass is 145 g/mol. The summed E-state index contributed by atoms with van der Waals surface area (Å²) in [6.07, 6.45) is 1.65. The van der Waals surface area contributed by atoms with Gasteiger partial charge in [0.05, 0.1) is 0 Å². The second kappa shape index (κ2) is 3.91. The van der Waals surface area contributed by atoms with E-state index in [0.717, 1.165) is 26.1 Å². The number of hydrogen-bond donors (Lipinski definition) is 2. The lowest BCUT2D eigenvalue weighted by molar-refractivity contribution is 0.0545. The molecule has 0 saturated carbocycles. The Morgan fingerprint density at radius 2 is 2.10 bits per heavy atom. The van der Waals surface area contributed by atoms with Gasteiger partial charge in [-0.2, -0.15) is 0 Å². The van der Waals surface area contributed by atoms with E-state index in [0.29, 0.717) is 6.04 Å². The van der Waals surface area contributed by atoms with Crippen LogP contribution in [-0.2, 0) is 4.74 Å². The van der Waals surface area contributed by atoms with Crippen molar-refractivity contribution in [2.75, 3.05) is 13.2 Å². The first-order chi connectivity index (χ1) is 4.79. The summed E-state index contributed by atoms with van der Waals surface area (Å²) in [5, 5.41) is 12.0. The molecule has 1 rings (SSSR count). The molecule has 0 aromatic carbocycles. The molecule has 1 unspecified atom stereocenters. The van der Waals surface area contributed by atoms with Gasteiger partial charge in [0, 0.05) is 19.3 Å². The molecule has 3 heteroatoms. The Kier molecular flexibility index (Phi) is 3.12. The molecule has 60 valence electrons. The molecule has 0 aliphatic carbocycles. The number of aliphatic hydroxyl groups excluding tert-OH is 1. The van der Waals surface area contributed by atoms with Crippen LogP contribution in [0.2, 0.25) is 0 Å². The van der Waals surface area contributed by atoms with E-state index in [-0.39, 0.29) is 6.23 Å². The van der Waals surface area contributed by atoms with Gasteiger partial charge in [0.15, 0.2) is 0 Å². The van der Waals surface area contributed by atoms with Crippen molar-refractivity contribution in [3.8, 4) is 0 Å². The minimum atomic E-state index is -0.386. The van der Waals surface area contributed by atoms with E-state index < -0.39 is 0 Å². The fourth-order valence-electron chi connectivity index (χ4n) is 1.21. The van der Waals surface area contributed by atoms with Crippen molar-refractivity contribution in [3.63, 3.8) is 0 Å². The van der Waals surface area contributed by atoms with Crippen LogP contribution in [0.25, 0.3) is 0 Å². The molecule has 0 aromatic rings. The van der Waals surface area contributed by atoms with Crippen molar-refractivity contribution in [1.82, 2.24) is 5.32 Å². The number of rotatable bonds is 2. The maximum atomic E-state index is 8.95. The minimum Gasteiger partial charge on any atom is -0.381 e. The first-order valence-electron chi connectivity index (χ1n) is 3.81. The fourth-order valence-corrected chi connectivity index (χ4v) is 1.21. The lowest BCUT2D eigenvalue weighted by Gasteiger charge is -2.24. The Morgan fingerprint density at radius 1 is 1.50 bits per heavy atom. The molecule has 1 heterocycles. The summed E-state index contributed by atoms with van der Waals surface area (Å²) in [5.74, 6) is 0. The Bertz CT molecular complexity index is 89.6. The molecule has 0 bridgehead atoms. The van der Waals surface area contributed by atoms with Crippen LogP contribution in [0.15, 0.2) is 0 Å². The van der Waals surface area contributed by atoms with E-state index in [1.807, 2.05) is 0 Å². The predicted octanol–water partition coefficient (Wildman–Crippen LogP) is 0.0933. The standard InChI is InChI=1S/C7H15NO2/c1-6(9)8-7-2-4-10-5-3-7/h6-9H,2-5H2,1H3. The van der Waals surface area contributed by atoms with Crippen LogP contribution in [0.5, 0.6) is 0 Å². The van der Waals surface area contributed by atoms with Crippen LogP contribution < -0.4 is 5.32 Å². The normalized spacial score (nSPS) is 24.6. The van der Waals surface area contributed by atoms with E-state index in [2.05, 4.69) is 5.32 Å². The molecule has 1 saturated heterocycles. The summed E-state index contributed by atoms with van der Waals surface area (Å²) in [4.78, 5) is 0. The van der Waals surface area contributed by atoms with Crippen molar-refractivity contribution in [1.29, 1.82) is 0 Å². The van der Waals surface area contributed by atoms with E-state index in [1.54, 1.807) is 6.92 Å². The summed E-state index contributed by atoms with van der Waals surface area (Å²) < 4.78 is 5.16. The Morgan fingerprint density at radius 3 is 2.60 bits per heavy atom. The molecule has 1 atom stereocenters. The van der Waals surface area contributed by atoms with Gasteiger partial charge in [-0.05, 0) is 19.8 Å². The maximum Gasteiger partial charge on any atom is 0.102 e. The number of ether oxygens (including phenoxy) is 1. The Labute approximate surface area is 61.4 Å².